The van der Waals surface area contributed by atoms with E-state index < -0.39 is 24.9 Å². The number of nitrogens with zero attached hydrogens (tertiary/aromatic N) is 1. The average Bonchev–Trinajstić information content (AvgIpc) is 2.36. The predicted octanol–water partition coefficient (Wildman–Crippen LogP) is 0.911. The van der Waals surface area contributed by atoms with E-state index in [0.29, 0.717) is 13.0 Å². The highest BCUT2D eigenvalue weighted by atomic mass is 35.5. The van der Waals surface area contributed by atoms with Gasteiger partial charge in [-0.25, -0.2) is 8.78 Å². The van der Waals surface area contributed by atoms with E-state index in [4.69, 9.17) is 5.73 Å². The zero-order valence-electron chi connectivity index (χ0n) is 11.4. The fourth-order valence-corrected chi connectivity index (χ4v) is 1.91. The highest BCUT2D eigenvalue weighted by Crippen LogP contribution is 2.12. The third-order valence-electron chi connectivity index (χ3n) is 3.10. The molecule has 0 radical (unpaired) electrons. The number of carbonyl (C=O) groups excluding carboxylic acids is 2. The average molecular weight is 314 g/mol. The number of hydrogen-bond acceptors (Lipinski definition) is 3. The van der Waals surface area contributed by atoms with E-state index >= 15 is 0 Å². The molecule has 118 valence electrons. The van der Waals surface area contributed by atoms with Crippen molar-refractivity contribution in [2.75, 3.05) is 26.2 Å². The molecule has 0 saturated carbocycles. The van der Waals surface area contributed by atoms with Gasteiger partial charge in [0.15, 0.2) is 0 Å². The van der Waals surface area contributed by atoms with Crippen molar-refractivity contribution in [1.29, 1.82) is 0 Å². The van der Waals surface area contributed by atoms with Crippen LogP contribution in [0, 0.1) is 0 Å². The van der Waals surface area contributed by atoms with Gasteiger partial charge in [0.2, 0.25) is 11.8 Å². The maximum atomic E-state index is 12.9. The van der Waals surface area contributed by atoms with E-state index in [9.17, 15) is 18.4 Å². The first kappa shape index (κ1) is 19.1. The molecule has 2 amide bonds. The van der Waals surface area contributed by atoms with E-state index in [1.807, 2.05) is 0 Å². The lowest BCUT2D eigenvalue weighted by Crippen LogP contribution is -2.46. The van der Waals surface area contributed by atoms with Crippen LogP contribution in [0.25, 0.3) is 0 Å². The van der Waals surface area contributed by atoms with Crippen molar-refractivity contribution in [3.8, 4) is 0 Å². The lowest BCUT2D eigenvalue weighted by Gasteiger charge is -2.24. The number of carbonyl (C=O) groups is 2. The second kappa shape index (κ2) is 9.07. The van der Waals surface area contributed by atoms with Crippen LogP contribution in [-0.4, -0.2) is 48.8 Å². The molecule has 0 aromatic rings. The lowest BCUT2D eigenvalue weighted by molar-refractivity contribution is -0.137. The van der Waals surface area contributed by atoms with E-state index in [2.05, 4.69) is 5.32 Å². The Bertz CT molecular complexity index is 330. The minimum Gasteiger partial charge on any atom is -0.348 e. The zero-order chi connectivity index (χ0) is 14.3. The first-order chi connectivity index (χ1) is 8.94. The topological polar surface area (TPSA) is 75.4 Å². The standard InChI is InChI=1S/C12H21F2N3O2.ClH/c13-12(14,8-15)9-16-10(18)7-17-6-4-2-1-3-5-11(17)19;/h1-9,15H2,(H,16,18);1H. The predicted molar refractivity (Wildman–Crippen MR) is 73.9 cm³/mol. The van der Waals surface area contributed by atoms with E-state index in [1.54, 1.807) is 0 Å². The van der Waals surface area contributed by atoms with Gasteiger partial charge in [0.05, 0.1) is 19.6 Å². The van der Waals surface area contributed by atoms with Crippen LogP contribution in [-0.2, 0) is 9.59 Å². The highest BCUT2D eigenvalue weighted by molar-refractivity contribution is 5.85. The smallest absolute Gasteiger partial charge is 0.277 e. The zero-order valence-corrected chi connectivity index (χ0v) is 12.2. The van der Waals surface area contributed by atoms with E-state index in [1.165, 1.54) is 4.90 Å². The van der Waals surface area contributed by atoms with Gasteiger partial charge in [-0.2, -0.15) is 0 Å². The molecule has 0 unspecified atom stereocenters. The molecule has 1 heterocycles. The van der Waals surface area contributed by atoms with Crippen molar-refractivity contribution >= 4 is 24.2 Å². The molecule has 5 nitrogen and oxygen atoms in total. The van der Waals surface area contributed by atoms with Gasteiger partial charge in [-0.3, -0.25) is 9.59 Å². The molecule has 1 aliphatic heterocycles. The summed E-state index contributed by atoms with van der Waals surface area (Å²) < 4.78 is 25.7. The molecule has 20 heavy (non-hydrogen) atoms. The van der Waals surface area contributed by atoms with Gasteiger partial charge >= 0.3 is 0 Å². The molecule has 8 heteroatoms. The molecule has 1 saturated heterocycles. The molecule has 0 aromatic carbocycles. The molecule has 1 fully saturated rings. The summed E-state index contributed by atoms with van der Waals surface area (Å²) in [5, 5.41) is 2.11. The van der Waals surface area contributed by atoms with Crippen molar-refractivity contribution in [1.82, 2.24) is 10.2 Å². The van der Waals surface area contributed by atoms with Crippen molar-refractivity contribution in [3.63, 3.8) is 0 Å². The molecular formula is C12H22ClF2N3O2. The number of likely N-dealkylation sites (tertiary alicyclic amines) is 1. The molecule has 0 atom stereocenters. The fraction of sp³-hybridized carbons (Fsp3) is 0.833. The summed E-state index contributed by atoms with van der Waals surface area (Å²) in [5.41, 5.74) is 4.87. The summed E-state index contributed by atoms with van der Waals surface area (Å²) in [6.07, 6.45) is 4.14. The van der Waals surface area contributed by atoms with Crippen LogP contribution >= 0.6 is 12.4 Å². The van der Waals surface area contributed by atoms with Gasteiger partial charge in [0, 0.05) is 13.0 Å². The largest absolute Gasteiger partial charge is 0.348 e. The summed E-state index contributed by atoms with van der Waals surface area (Å²) in [7, 11) is 0. The lowest BCUT2D eigenvalue weighted by atomic mass is 10.1. The fourth-order valence-electron chi connectivity index (χ4n) is 1.91. The second-order valence-corrected chi connectivity index (χ2v) is 4.82. The number of hydrogen-bond donors (Lipinski definition) is 2. The van der Waals surface area contributed by atoms with E-state index in [0.717, 1.165) is 25.7 Å². The number of amides is 2. The maximum absolute atomic E-state index is 12.9. The Morgan fingerprint density at radius 1 is 1.30 bits per heavy atom. The molecule has 1 aliphatic rings. The number of halogens is 3. The monoisotopic (exact) mass is 313 g/mol. The summed E-state index contributed by atoms with van der Waals surface area (Å²) in [6, 6.07) is 0. The van der Waals surface area contributed by atoms with Crippen molar-refractivity contribution in [3.05, 3.63) is 0 Å². The van der Waals surface area contributed by atoms with E-state index in [-0.39, 0.29) is 24.9 Å². The first-order valence-corrected chi connectivity index (χ1v) is 6.57. The SMILES string of the molecule is Cl.NCC(F)(F)CNC(=O)CN1CCCCCCC1=O. The van der Waals surface area contributed by atoms with Gasteiger partial charge < -0.3 is 16.0 Å². The summed E-state index contributed by atoms with van der Waals surface area (Å²) in [6.45, 7) is -1.24. The van der Waals surface area contributed by atoms with Crippen molar-refractivity contribution < 1.29 is 18.4 Å². The van der Waals surface area contributed by atoms with Crippen LogP contribution < -0.4 is 11.1 Å². The number of rotatable bonds is 5. The number of nitrogens with two attached hydrogens (primary N) is 1. The van der Waals surface area contributed by atoms with Gasteiger partial charge in [0.1, 0.15) is 0 Å². The molecule has 3 N–H and O–H groups in total. The van der Waals surface area contributed by atoms with Gasteiger partial charge in [-0.1, -0.05) is 12.8 Å². The van der Waals surface area contributed by atoms with Crippen LogP contribution in [0.3, 0.4) is 0 Å². The molecular weight excluding hydrogens is 292 g/mol. The Balaban J connectivity index is 0.00000361. The van der Waals surface area contributed by atoms with Gasteiger partial charge in [0.25, 0.3) is 5.92 Å². The van der Waals surface area contributed by atoms with Crippen LogP contribution in [0.1, 0.15) is 32.1 Å². The van der Waals surface area contributed by atoms with Crippen molar-refractivity contribution in [2.45, 2.75) is 38.0 Å². The third-order valence-corrected chi connectivity index (χ3v) is 3.10. The number of alkyl halides is 2. The minimum absolute atomic E-state index is 0. The van der Waals surface area contributed by atoms with Crippen LogP contribution in [0.4, 0.5) is 8.78 Å². The van der Waals surface area contributed by atoms with Crippen LogP contribution in [0.2, 0.25) is 0 Å². The summed E-state index contributed by atoms with van der Waals surface area (Å²) in [5.74, 6) is -3.75. The van der Waals surface area contributed by atoms with Crippen LogP contribution in [0.15, 0.2) is 0 Å². The molecule has 0 spiro atoms. The Kier molecular flexibility index (Phi) is 8.64. The minimum atomic E-state index is -3.10. The summed E-state index contributed by atoms with van der Waals surface area (Å²) in [4.78, 5) is 24.7. The third kappa shape index (κ3) is 7.00. The Morgan fingerprint density at radius 3 is 2.60 bits per heavy atom. The Labute approximate surface area is 123 Å². The molecule has 1 rings (SSSR count). The van der Waals surface area contributed by atoms with Crippen LogP contribution in [0.5, 0.6) is 0 Å². The van der Waals surface area contributed by atoms with Gasteiger partial charge in [-0.15, -0.1) is 12.4 Å². The molecule has 0 aromatic heterocycles. The maximum Gasteiger partial charge on any atom is 0.277 e. The second-order valence-electron chi connectivity index (χ2n) is 4.82. The van der Waals surface area contributed by atoms with Crippen molar-refractivity contribution in [2.24, 2.45) is 5.73 Å². The highest BCUT2D eigenvalue weighted by Gasteiger charge is 2.27. The van der Waals surface area contributed by atoms with Gasteiger partial charge in [-0.05, 0) is 12.8 Å². The molecule has 0 aliphatic carbocycles. The normalized spacial score (nSPS) is 16.9. The number of nitrogens with one attached hydrogen (secondary N) is 1. The summed E-state index contributed by atoms with van der Waals surface area (Å²) >= 11 is 0. The quantitative estimate of drug-likeness (QED) is 0.792. The first-order valence-electron chi connectivity index (χ1n) is 6.57. The Morgan fingerprint density at radius 2 is 1.95 bits per heavy atom. The molecule has 0 bridgehead atoms. The Hall–Kier alpha value is -0.950.